The highest BCUT2D eigenvalue weighted by molar-refractivity contribution is 5.88. The Morgan fingerprint density at radius 2 is 2.27 bits per heavy atom. The van der Waals surface area contributed by atoms with E-state index in [1.165, 1.54) is 6.92 Å². The molecule has 1 rings (SSSR count). The van der Waals surface area contributed by atoms with Crippen molar-refractivity contribution >= 4 is 5.91 Å². The Hall–Kier alpha value is -0.650. The van der Waals surface area contributed by atoms with E-state index in [-0.39, 0.29) is 6.61 Å². The van der Waals surface area contributed by atoms with Crippen molar-refractivity contribution in [3.05, 3.63) is 0 Å². The number of nitrogens with one attached hydrogen (secondary N) is 1. The molecule has 1 fully saturated rings. The van der Waals surface area contributed by atoms with Gasteiger partial charge in [-0.25, -0.2) is 0 Å². The van der Waals surface area contributed by atoms with Crippen molar-refractivity contribution in [2.45, 2.75) is 24.7 Å². The zero-order valence-electron chi connectivity index (χ0n) is 6.11. The highest BCUT2D eigenvalue weighted by atomic mass is 16.4. The van der Waals surface area contributed by atoms with Crippen LogP contribution in [0.15, 0.2) is 0 Å². The third-order valence-corrected chi connectivity index (χ3v) is 1.93. The minimum atomic E-state index is -1.77. The average Bonchev–Trinajstić information content (AvgIpc) is 2.14. The maximum atomic E-state index is 10.8. The molecule has 0 saturated carbocycles. The van der Waals surface area contributed by atoms with Gasteiger partial charge < -0.3 is 20.6 Å². The van der Waals surface area contributed by atoms with Crippen LogP contribution in [-0.4, -0.2) is 45.6 Å². The van der Waals surface area contributed by atoms with Gasteiger partial charge in [0.1, 0.15) is 6.10 Å². The Bertz CT molecular complexity index is 179. The van der Waals surface area contributed by atoms with Gasteiger partial charge in [0.15, 0.2) is 5.60 Å². The first-order valence-electron chi connectivity index (χ1n) is 3.32. The largest absolute Gasteiger partial charge is 0.394 e. The molecule has 1 aliphatic heterocycles. The zero-order chi connectivity index (χ0) is 8.65. The normalized spacial score (nSPS) is 44.2. The van der Waals surface area contributed by atoms with Crippen LogP contribution in [0.25, 0.3) is 0 Å². The van der Waals surface area contributed by atoms with Crippen LogP contribution >= 0.6 is 0 Å². The number of carbonyl (C=O) groups excluding carboxylic acids is 1. The van der Waals surface area contributed by atoms with Crippen molar-refractivity contribution in [1.82, 2.24) is 5.32 Å². The van der Waals surface area contributed by atoms with Gasteiger partial charge in [0.2, 0.25) is 0 Å². The molecule has 4 N–H and O–H groups in total. The van der Waals surface area contributed by atoms with Gasteiger partial charge in [-0.1, -0.05) is 0 Å². The summed E-state index contributed by atoms with van der Waals surface area (Å²) in [5, 5.41) is 29.3. The highest BCUT2D eigenvalue weighted by Crippen LogP contribution is 2.19. The summed E-state index contributed by atoms with van der Waals surface area (Å²) in [5.74, 6) is -0.649. The maximum Gasteiger partial charge on any atom is 0.254 e. The Morgan fingerprint density at radius 1 is 1.73 bits per heavy atom. The number of hydrogen-bond acceptors (Lipinski definition) is 4. The highest BCUT2D eigenvalue weighted by Gasteiger charge is 2.49. The molecule has 1 amide bonds. The third kappa shape index (κ3) is 1.11. The van der Waals surface area contributed by atoms with E-state index < -0.39 is 23.7 Å². The summed E-state index contributed by atoms with van der Waals surface area (Å²) in [6.07, 6.45) is -1.24. The lowest BCUT2D eigenvalue weighted by Gasteiger charge is -2.18. The smallest absolute Gasteiger partial charge is 0.254 e. The van der Waals surface area contributed by atoms with Gasteiger partial charge in [0.25, 0.3) is 5.91 Å². The third-order valence-electron chi connectivity index (χ3n) is 1.93. The lowest BCUT2D eigenvalue weighted by Crippen LogP contribution is -2.43. The molecule has 0 spiro atoms. The fourth-order valence-corrected chi connectivity index (χ4v) is 1.06. The topological polar surface area (TPSA) is 89.8 Å². The molecule has 1 aliphatic rings. The Labute approximate surface area is 63.7 Å². The van der Waals surface area contributed by atoms with Crippen LogP contribution in [0.2, 0.25) is 0 Å². The van der Waals surface area contributed by atoms with Crippen molar-refractivity contribution in [3.63, 3.8) is 0 Å². The number of hydrogen-bond donors (Lipinski definition) is 4. The van der Waals surface area contributed by atoms with Gasteiger partial charge in [-0.2, -0.15) is 0 Å². The summed E-state index contributed by atoms with van der Waals surface area (Å²) in [4.78, 5) is 10.8. The first-order valence-corrected chi connectivity index (χ1v) is 3.32. The van der Waals surface area contributed by atoms with Crippen LogP contribution in [0, 0.1) is 0 Å². The first-order chi connectivity index (χ1) is 5.00. The fraction of sp³-hybridized carbons (Fsp3) is 0.833. The van der Waals surface area contributed by atoms with Crippen molar-refractivity contribution < 1.29 is 20.1 Å². The van der Waals surface area contributed by atoms with E-state index in [2.05, 4.69) is 5.32 Å². The molecule has 11 heavy (non-hydrogen) atoms. The average molecular weight is 161 g/mol. The van der Waals surface area contributed by atoms with Crippen LogP contribution < -0.4 is 5.32 Å². The lowest BCUT2D eigenvalue weighted by molar-refractivity contribution is -0.139. The van der Waals surface area contributed by atoms with Gasteiger partial charge in [-0.15, -0.1) is 0 Å². The maximum absolute atomic E-state index is 10.8. The second-order valence-electron chi connectivity index (χ2n) is 2.85. The van der Waals surface area contributed by atoms with Crippen molar-refractivity contribution in [1.29, 1.82) is 0 Å². The summed E-state index contributed by atoms with van der Waals surface area (Å²) in [5.41, 5.74) is -1.77. The molecule has 0 unspecified atom stereocenters. The monoisotopic (exact) mass is 161 g/mol. The molecule has 0 bridgehead atoms. The second kappa shape index (κ2) is 2.44. The first kappa shape index (κ1) is 8.45. The fourth-order valence-electron chi connectivity index (χ4n) is 1.06. The molecular weight excluding hydrogens is 150 g/mol. The molecule has 3 atom stereocenters. The zero-order valence-corrected chi connectivity index (χ0v) is 6.11. The van der Waals surface area contributed by atoms with Crippen LogP contribution in [0.1, 0.15) is 6.92 Å². The summed E-state index contributed by atoms with van der Waals surface area (Å²) in [6.45, 7) is 0.839. The predicted molar refractivity (Wildman–Crippen MR) is 35.6 cm³/mol. The van der Waals surface area contributed by atoms with Crippen LogP contribution in [0.4, 0.5) is 0 Å². The van der Waals surface area contributed by atoms with E-state index in [1.54, 1.807) is 0 Å². The molecule has 0 aromatic carbocycles. The molecule has 5 nitrogen and oxygen atoms in total. The summed E-state index contributed by atoms with van der Waals surface area (Å²) < 4.78 is 0. The van der Waals surface area contributed by atoms with Crippen LogP contribution in [0.3, 0.4) is 0 Å². The lowest BCUT2D eigenvalue weighted by atomic mass is 9.99. The van der Waals surface area contributed by atoms with Crippen molar-refractivity contribution in [3.8, 4) is 0 Å². The van der Waals surface area contributed by atoms with E-state index in [0.717, 1.165) is 0 Å². The number of aliphatic hydroxyl groups is 3. The second-order valence-corrected chi connectivity index (χ2v) is 2.85. The molecule has 0 aromatic heterocycles. The van der Waals surface area contributed by atoms with Gasteiger partial charge >= 0.3 is 0 Å². The Balaban J connectivity index is 2.80. The minimum Gasteiger partial charge on any atom is -0.394 e. The Kier molecular flexibility index (Phi) is 1.87. The summed E-state index contributed by atoms with van der Waals surface area (Å²) >= 11 is 0. The van der Waals surface area contributed by atoms with Gasteiger partial charge in [-0.05, 0) is 6.92 Å². The molecule has 1 heterocycles. The van der Waals surface area contributed by atoms with Crippen molar-refractivity contribution in [2.24, 2.45) is 0 Å². The predicted octanol–water partition coefficient (Wildman–Crippen LogP) is -2.41. The van der Waals surface area contributed by atoms with Gasteiger partial charge in [0.05, 0.1) is 12.6 Å². The number of amides is 1. The molecule has 5 heteroatoms. The van der Waals surface area contributed by atoms with E-state index >= 15 is 0 Å². The van der Waals surface area contributed by atoms with Crippen molar-refractivity contribution in [2.75, 3.05) is 6.61 Å². The quantitative estimate of drug-likeness (QED) is 0.345. The van der Waals surface area contributed by atoms with E-state index in [9.17, 15) is 15.0 Å². The van der Waals surface area contributed by atoms with E-state index in [0.29, 0.717) is 0 Å². The number of rotatable bonds is 1. The standard InChI is InChI=1S/C6H11NO4/c1-6(11)4(9)3(2-8)7-5(6)10/h3-4,8-9,11H,2H2,1H3,(H,7,10)/t3-,4-,6-/m1/s1. The molecule has 1 saturated heterocycles. The molecule has 0 radical (unpaired) electrons. The number of carbonyl (C=O) groups is 1. The van der Waals surface area contributed by atoms with Gasteiger partial charge in [0, 0.05) is 0 Å². The summed E-state index contributed by atoms with van der Waals surface area (Å²) in [6, 6.07) is -0.752. The SMILES string of the molecule is C[C@]1(O)C(=O)N[C@H](CO)[C@H]1O. The molecule has 0 aromatic rings. The Morgan fingerprint density at radius 3 is 2.45 bits per heavy atom. The molecule has 0 aliphatic carbocycles. The van der Waals surface area contributed by atoms with Crippen LogP contribution in [0.5, 0.6) is 0 Å². The minimum absolute atomic E-state index is 0.372. The van der Waals surface area contributed by atoms with E-state index in [4.69, 9.17) is 5.11 Å². The molecule has 64 valence electrons. The number of aliphatic hydroxyl groups excluding tert-OH is 2. The van der Waals surface area contributed by atoms with Gasteiger partial charge in [-0.3, -0.25) is 4.79 Å². The molecular formula is C6H11NO4. The van der Waals surface area contributed by atoms with E-state index in [1.807, 2.05) is 0 Å². The summed E-state index contributed by atoms with van der Waals surface area (Å²) in [7, 11) is 0. The van der Waals surface area contributed by atoms with Crippen LogP contribution in [-0.2, 0) is 4.79 Å².